The van der Waals surface area contributed by atoms with E-state index in [0.29, 0.717) is 5.56 Å². The van der Waals surface area contributed by atoms with E-state index >= 15 is 0 Å². The van der Waals surface area contributed by atoms with Gasteiger partial charge in [0.05, 0.1) is 18.9 Å². The summed E-state index contributed by atoms with van der Waals surface area (Å²) >= 11 is 0. The van der Waals surface area contributed by atoms with Gasteiger partial charge in [-0.25, -0.2) is 4.79 Å². The van der Waals surface area contributed by atoms with Crippen molar-refractivity contribution in [3.05, 3.63) is 36.0 Å². The molecule has 0 aliphatic heterocycles. The lowest BCUT2D eigenvalue weighted by molar-refractivity contribution is -0.142. The Hall–Kier alpha value is -4.99. The minimum Gasteiger partial charge on any atom is -0.481 e. The molecule has 2 rings (SSSR count). The molecule has 1 aromatic heterocycles. The molecular formula is C24H31N7O9. The van der Waals surface area contributed by atoms with Crippen LogP contribution in [0, 0.1) is 0 Å². The number of rotatable bonds is 16. The summed E-state index contributed by atoms with van der Waals surface area (Å²) in [6.07, 6.45) is -0.751. The average molecular weight is 562 g/mol. The van der Waals surface area contributed by atoms with Gasteiger partial charge in [-0.2, -0.15) is 0 Å². The SMILES string of the molecule is NC(=O)CCC(NC(=O)C(CC(N)=O)NC(=O)C(N)CC(=O)O)C(=O)NC(Cc1c[nH]c2ccccc12)C(=O)O. The molecule has 4 atom stereocenters. The molecule has 1 heterocycles. The largest absolute Gasteiger partial charge is 0.481 e. The van der Waals surface area contributed by atoms with Crippen LogP contribution in [0.5, 0.6) is 0 Å². The van der Waals surface area contributed by atoms with Crippen LogP contribution in [-0.2, 0) is 40.0 Å². The Balaban J connectivity index is 2.21. The summed E-state index contributed by atoms with van der Waals surface area (Å²) < 4.78 is 0. The van der Waals surface area contributed by atoms with Crippen molar-refractivity contribution in [3.63, 3.8) is 0 Å². The lowest BCUT2D eigenvalue weighted by Crippen LogP contribution is -2.58. The second kappa shape index (κ2) is 14.2. The average Bonchev–Trinajstić information content (AvgIpc) is 3.27. The number of carboxylic acids is 2. The van der Waals surface area contributed by atoms with Crippen LogP contribution in [0.1, 0.15) is 31.2 Å². The van der Waals surface area contributed by atoms with Crippen LogP contribution >= 0.6 is 0 Å². The maximum absolute atomic E-state index is 13.1. The highest BCUT2D eigenvalue weighted by atomic mass is 16.4. The monoisotopic (exact) mass is 561 g/mol. The number of nitrogens with two attached hydrogens (primary N) is 3. The third-order valence-electron chi connectivity index (χ3n) is 5.80. The highest BCUT2D eigenvalue weighted by molar-refractivity contribution is 5.97. The molecule has 1 aromatic carbocycles. The minimum atomic E-state index is -1.66. The van der Waals surface area contributed by atoms with Crippen molar-refractivity contribution in [2.45, 2.75) is 56.3 Å². The zero-order valence-electron chi connectivity index (χ0n) is 21.2. The van der Waals surface area contributed by atoms with Crippen molar-refractivity contribution in [2.75, 3.05) is 0 Å². The Kier molecular flexibility index (Phi) is 11.1. The third-order valence-corrected chi connectivity index (χ3v) is 5.80. The van der Waals surface area contributed by atoms with Gasteiger partial charge in [-0.1, -0.05) is 18.2 Å². The molecule has 12 N–H and O–H groups in total. The highest BCUT2D eigenvalue weighted by Crippen LogP contribution is 2.19. The van der Waals surface area contributed by atoms with Crippen molar-refractivity contribution in [1.82, 2.24) is 20.9 Å². The van der Waals surface area contributed by atoms with E-state index in [2.05, 4.69) is 20.9 Å². The number of aromatic nitrogens is 1. The Labute approximate surface area is 227 Å². The minimum absolute atomic E-state index is 0.122. The maximum Gasteiger partial charge on any atom is 0.326 e. The van der Waals surface area contributed by atoms with Crippen molar-refractivity contribution < 1.29 is 43.8 Å². The fraction of sp³-hybridized carbons (Fsp3) is 0.375. The van der Waals surface area contributed by atoms with Crippen LogP contribution in [0.2, 0.25) is 0 Å². The Morgan fingerprint density at radius 3 is 2.00 bits per heavy atom. The van der Waals surface area contributed by atoms with Gasteiger partial charge in [0, 0.05) is 29.9 Å². The van der Waals surface area contributed by atoms with Gasteiger partial charge in [0.15, 0.2) is 0 Å². The number of aliphatic carboxylic acids is 2. The molecule has 4 unspecified atom stereocenters. The van der Waals surface area contributed by atoms with Crippen LogP contribution in [-0.4, -0.2) is 80.8 Å². The van der Waals surface area contributed by atoms with Gasteiger partial charge in [-0.05, 0) is 18.1 Å². The molecule has 0 saturated heterocycles. The number of fused-ring (bicyclic) bond motifs is 1. The molecule has 2 aromatic rings. The summed E-state index contributed by atoms with van der Waals surface area (Å²) in [5.74, 6) is -7.74. The number of amides is 5. The number of para-hydroxylation sites is 1. The van der Waals surface area contributed by atoms with Gasteiger partial charge in [0.25, 0.3) is 0 Å². The molecule has 0 bridgehead atoms. The van der Waals surface area contributed by atoms with E-state index in [1.165, 1.54) is 0 Å². The predicted octanol–water partition coefficient (Wildman–Crippen LogP) is -2.81. The van der Waals surface area contributed by atoms with Crippen molar-refractivity contribution in [3.8, 4) is 0 Å². The Morgan fingerprint density at radius 2 is 1.40 bits per heavy atom. The second-order valence-electron chi connectivity index (χ2n) is 8.97. The molecule has 0 aliphatic carbocycles. The highest BCUT2D eigenvalue weighted by Gasteiger charge is 2.32. The third kappa shape index (κ3) is 9.39. The number of carbonyl (C=O) groups excluding carboxylic acids is 5. The Bertz CT molecular complexity index is 1290. The first kappa shape index (κ1) is 31.2. The van der Waals surface area contributed by atoms with E-state index in [9.17, 15) is 38.7 Å². The van der Waals surface area contributed by atoms with Gasteiger partial charge in [0.1, 0.15) is 18.1 Å². The summed E-state index contributed by atoms with van der Waals surface area (Å²) in [6.45, 7) is 0. The predicted molar refractivity (Wildman–Crippen MR) is 138 cm³/mol. The zero-order chi connectivity index (χ0) is 30.0. The van der Waals surface area contributed by atoms with Gasteiger partial charge < -0.3 is 48.3 Å². The van der Waals surface area contributed by atoms with Crippen LogP contribution in [0.15, 0.2) is 30.5 Å². The lowest BCUT2D eigenvalue weighted by atomic mass is 10.0. The number of aromatic amines is 1. The topological polar surface area (TPSA) is 290 Å². The molecule has 40 heavy (non-hydrogen) atoms. The summed E-state index contributed by atoms with van der Waals surface area (Å²) in [7, 11) is 0. The van der Waals surface area contributed by atoms with E-state index in [4.69, 9.17) is 22.3 Å². The number of benzene rings is 1. The number of hydrogen-bond donors (Lipinski definition) is 9. The normalized spacial score (nSPS) is 13.8. The standard InChI is InChI=1S/C24H31N7O9/c25-13(8-20(34)35)21(36)30-16(9-19(27)33)23(38)29-15(5-6-18(26)32)22(37)31-17(24(39)40)7-11-10-28-14-4-2-1-3-12(11)14/h1-4,10,13,15-17,28H,5-9,25H2,(H2,26,32)(H2,27,33)(H,29,38)(H,30,36)(H,31,37)(H,34,35)(H,39,40). The van der Waals surface area contributed by atoms with E-state index < -0.39 is 78.5 Å². The zero-order valence-corrected chi connectivity index (χ0v) is 21.2. The smallest absolute Gasteiger partial charge is 0.326 e. The van der Waals surface area contributed by atoms with Crippen molar-refractivity contribution in [1.29, 1.82) is 0 Å². The van der Waals surface area contributed by atoms with Gasteiger partial charge in [0.2, 0.25) is 29.5 Å². The first-order valence-electron chi connectivity index (χ1n) is 12.0. The van der Waals surface area contributed by atoms with Gasteiger partial charge in [-0.3, -0.25) is 28.8 Å². The van der Waals surface area contributed by atoms with Crippen molar-refractivity contribution in [2.24, 2.45) is 17.2 Å². The molecule has 0 radical (unpaired) electrons. The number of nitrogens with one attached hydrogen (secondary N) is 4. The molecule has 0 spiro atoms. The summed E-state index contributed by atoms with van der Waals surface area (Å²) in [5, 5.41) is 26.0. The van der Waals surface area contributed by atoms with Crippen LogP contribution in [0.3, 0.4) is 0 Å². The number of hydrogen-bond acceptors (Lipinski definition) is 8. The fourth-order valence-corrected chi connectivity index (χ4v) is 3.79. The van der Waals surface area contributed by atoms with E-state index in [1.54, 1.807) is 30.5 Å². The number of H-pyrrole nitrogens is 1. The molecule has 0 saturated carbocycles. The first-order chi connectivity index (χ1) is 18.8. The number of primary amides is 2. The van der Waals surface area contributed by atoms with Crippen LogP contribution in [0.4, 0.5) is 0 Å². The summed E-state index contributed by atoms with van der Waals surface area (Å²) in [5.41, 5.74) is 17.2. The molecular weight excluding hydrogens is 530 g/mol. The molecule has 0 fully saturated rings. The number of carboxylic acid groups (broad SMARTS) is 2. The lowest BCUT2D eigenvalue weighted by Gasteiger charge is -2.24. The quantitative estimate of drug-likeness (QED) is 0.101. The van der Waals surface area contributed by atoms with Gasteiger partial charge >= 0.3 is 11.9 Å². The molecule has 16 heteroatoms. The second-order valence-corrected chi connectivity index (χ2v) is 8.97. The molecule has 216 valence electrons. The molecule has 0 aliphatic rings. The van der Waals surface area contributed by atoms with Crippen LogP contribution in [0.25, 0.3) is 10.9 Å². The van der Waals surface area contributed by atoms with Crippen molar-refractivity contribution >= 4 is 52.4 Å². The fourth-order valence-electron chi connectivity index (χ4n) is 3.79. The molecule has 16 nitrogen and oxygen atoms in total. The van der Waals surface area contributed by atoms with E-state index in [1.807, 2.05) is 0 Å². The molecule has 5 amide bonds. The summed E-state index contributed by atoms with van der Waals surface area (Å²) in [4.78, 5) is 86.9. The van der Waals surface area contributed by atoms with E-state index in [-0.39, 0.29) is 19.3 Å². The van der Waals surface area contributed by atoms with Gasteiger partial charge in [-0.15, -0.1) is 0 Å². The van der Waals surface area contributed by atoms with E-state index in [0.717, 1.165) is 10.9 Å². The first-order valence-corrected chi connectivity index (χ1v) is 12.0. The Morgan fingerprint density at radius 1 is 0.800 bits per heavy atom. The van der Waals surface area contributed by atoms with Crippen LogP contribution < -0.4 is 33.2 Å². The number of carbonyl (C=O) groups is 7. The summed E-state index contributed by atoms with van der Waals surface area (Å²) in [6, 6.07) is 0.953. The maximum atomic E-state index is 13.1.